The molecular weight excluding hydrogens is 405 g/mol. The van der Waals surface area contributed by atoms with Crippen molar-refractivity contribution in [1.82, 2.24) is 10.6 Å². The number of anilines is 1. The van der Waals surface area contributed by atoms with Gasteiger partial charge < -0.3 is 20.7 Å². The number of benzene rings is 2. The van der Waals surface area contributed by atoms with Crippen molar-refractivity contribution >= 4 is 52.1 Å². The molecule has 0 aliphatic carbocycles. The van der Waals surface area contributed by atoms with Crippen LogP contribution in [0, 0.1) is 0 Å². The predicted molar refractivity (Wildman–Crippen MR) is 115 cm³/mol. The Morgan fingerprint density at radius 1 is 1.11 bits per heavy atom. The van der Waals surface area contributed by atoms with Crippen LogP contribution in [0.1, 0.15) is 18.9 Å². The topological polar surface area (TPSA) is 62.4 Å². The van der Waals surface area contributed by atoms with Crippen LogP contribution in [-0.2, 0) is 11.3 Å². The van der Waals surface area contributed by atoms with E-state index in [1.807, 2.05) is 30.3 Å². The summed E-state index contributed by atoms with van der Waals surface area (Å²) < 4.78 is 5.68. The second kappa shape index (κ2) is 11.0. The van der Waals surface area contributed by atoms with Crippen LogP contribution in [0.3, 0.4) is 0 Å². The molecule has 0 saturated carbocycles. The van der Waals surface area contributed by atoms with Gasteiger partial charge >= 0.3 is 0 Å². The van der Waals surface area contributed by atoms with Gasteiger partial charge in [0.25, 0.3) is 0 Å². The Kier molecular flexibility index (Phi) is 8.64. The van der Waals surface area contributed by atoms with Crippen molar-refractivity contribution in [2.75, 3.05) is 18.5 Å². The highest BCUT2D eigenvalue weighted by atomic mass is 35.5. The molecule has 1 amide bonds. The van der Waals surface area contributed by atoms with Crippen LogP contribution >= 0.6 is 35.4 Å². The van der Waals surface area contributed by atoms with Crippen LogP contribution in [0.15, 0.2) is 42.5 Å². The molecule has 3 N–H and O–H groups in total. The Hall–Kier alpha value is -2.02. The number of rotatable bonds is 8. The lowest BCUT2D eigenvalue weighted by molar-refractivity contribution is -0.114. The molecule has 27 heavy (non-hydrogen) atoms. The van der Waals surface area contributed by atoms with Gasteiger partial charge in [-0.05, 0) is 48.5 Å². The first-order valence-electron chi connectivity index (χ1n) is 8.40. The van der Waals surface area contributed by atoms with E-state index in [-0.39, 0.29) is 5.91 Å². The minimum absolute atomic E-state index is 0.113. The van der Waals surface area contributed by atoms with E-state index < -0.39 is 0 Å². The largest absolute Gasteiger partial charge is 0.493 e. The van der Waals surface area contributed by atoms with Crippen LogP contribution in [0.5, 0.6) is 5.75 Å². The molecule has 0 bridgehead atoms. The third kappa shape index (κ3) is 8.03. The zero-order chi connectivity index (χ0) is 19.6. The summed E-state index contributed by atoms with van der Waals surface area (Å²) in [5.74, 6) is 0.597. The number of carbonyl (C=O) groups is 1. The van der Waals surface area contributed by atoms with Gasteiger partial charge in [-0.3, -0.25) is 4.79 Å². The first kappa shape index (κ1) is 21.3. The van der Waals surface area contributed by atoms with E-state index in [4.69, 9.17) is 40.2 Å². The van der Waals surface area contributed by atoms with Gasteiger partial charge in [-0.25, -0.2) is 0 Å². The highest BCUT2D eigenvalue weighted by molar-refractivity contribution is 7.80. The van der Waals surface area contributed by atoms with Crippen molar-refractivity contribution < 1.29 is 9.53 Å². The quantitative estimate of drug-likeness (QED) is 0.432. The van der Waals surface area contributed by atoms with Crippen molar-refractivity contribution in [3.8, 4) is 5.75 Å². The van der Waals surface area contributed by atoms with Crippen molar-refractivity contribution in [3.63, 3.8) is 0 Å². The summed E-state index contributed by atoms with van der Waals surface area (Å²) in [4.78, 5) is 11.1. The van der Waals surface area contributed by atoms with Crippen LogP contribution in [0.25, 0.3) is 0 Å². The Morgan fingerprint density at radius 2 is 1.93 bits per heavy atom. The van der Waals surface area contributed by atoms with Gasteiger partial charge in [0.1, 0.15) is 5.75 Å². The molecular formula is C19H21Cl2N3O2S. The number of hydrogen-bond acceptors (Lipinski definition) is 3. The highest BCUT2D eigenvalue weighted by Crippen LogP contribution is 2.22. The maximum Gasteiger partial charge on any atom is 0.221 e. The molecule has 144 valence electrons. The molecule has 0 atom stereocenters. The molecule has 2 aromatic rings. The van der Waals surface area contributed by atoms with E-state index in [2.05, 4.69) is 16.0 Å². The lowest BCUT2D eigenvalue weighted by Gasteiger charge is -2.12. The maximum absolute atomic E-state index is 11.1. The Bertz CT molecular complexity index is 802. The smallest absolute Gasteiger partial charge is 0.221 e. The predicted octanol–water partition coefficient (Wildman–Crippen LogP) is 4.39. The minimum Gasteiger partial charge on any atom is -0.493 e. The minimum atomic E-state index is -0.113. The zero-order valence-electron chi connectivity index (χ0n) is 14.9. The Balaban J connectivity index is 1.62. The van der Waals surface area contributed by atoms with E-state index in [0.29, 0.717) is 46.3 Å². The molecule has 5 nitrogen and oxygen atoms in total. The Labute approximate surface area is 174 Å². The molecule has 0 aromatic heterocycles. The van der Waals surface area contributed by atoms with Crippen LogP contribution in [0.4, 0.5) is 5.69 Å². The van der Waals surface area contributed by atoms with Gasteiger partial charge in [0.15, 0.2) is 5.11 Å². The van der Waals surface area contributed by atoms with E-state index in [9.17, 15) is 4.79 Å². The molecule has 0 fully saturated rings. The number of ether oxygens (including phenoxy) is 1. The third-order valence-electron chi connectivity index (χ3n) is 3.47. The van der Waals surface area contributed by atoms with Gasteiger partial charge in [-0.2, -0.15) is 0 Å². The monoisotopic (exact) mass is 425 g/mol. The first-order valence-corrected chi connectivity index (χ1v) is 9.56. The van der Waals surface area contributed by atoms with Crippen molar-refractivity contribution in [2.45, 2.75) is 19.9 Å². The molecule has 8 heteroatoms. The average Bonchev–Trinajstić information content (AvgIpc) is 2.62. The van der Waals surface area contributed by atoms with Gasteiger partial charge in [0.2, 0.25) is 5.91 Å². The third-order valence-corrected chi connectivity index (χ3v) is 4.49. The van der Waals surface area contributed by atoms with Crippen molar-refractivity contribution in [3.05, 3.63) is 58.1 Å². The summed E-state index contributed by atoms with van der Waals surface area (Å²) in [6.07, 6.45) is 0.777. The molecule has 2 aromatic carbocycles. The van der Waals surface area contributed by atoms with Crippen LogP contribution in [-0.4, -0.2) is 24.2 Å². The number of nitrogens with one attached hydrogen (secondary N) is 3. The second-order valence-electron chi connectivity index (χ2n) is 5.77. The lowest BCUT2D eigenvalue weighted by atomic mass is 10.2. The van der Waals surface area contributed by atoms with E-state index >= 15 is 0 Å². The molecule has 0 saturated heterocycles. The number of carbonyl (C=O) groups excluding carboxylic acids is 1. The van der Waals surface area contributed by atoms with E-state index in [1.165, 1.54) is 6.92 Å². The summed E-state index contributed by atoms with van der Waals surface area (Å²) in [6, 6.07) is 12.7. The number of amides is 1. The second-order valence-corrected chi connectivity index (χ2v) is 6.99. The molecule has 0 aliphatic rings. The fraction of sp³-hybridized carbons (Fsp3) is 0.263. The normalized spacial score (nSPS) is 10.2. The Morgan fingerprint density at radius 3 is 2.67 bits per heavy atom. The molecule has 2 rings (SSSR count). The summed E-state index contributed by atoms with van der Waals surface area (Å²) in [7, 11) is 0. The summed E-state index contributed by atoms with van der Waals surface area (Å²) in [6.45, 7) is 3.25. The van der Waals surface area contributed by atoms with Gasteiger partial charge in [-0.1, -0.05) is 35.3 Å². The lowest BCUT2D eigenvalue weighted by Crippen LogP contribution is -2.35. The number of thiocarbonyl (C=S) groups is 1. The van der Waals surface area contributed by atoms with Gasteiger partial charge in [0.05, 0.1) is 16.7 Å². The summed E-state index contributed by atoms with van der Waals surface area (Å²) >= 11 is 17.1. The van der Waals surface area contributed by atoms with Gasteiger partial charge in [0, 0.05) is 31.8 Å². The zero-order valence-corrected chi connectivity index (χ0v) is 17.2. The number of halogens is 2. The van der Waals surface area contributed by atoms with Crippen LogP contribution in [0.2, 0.25) is 10.0 Å². The highest BCUT2D eigenvalue weighted by Gasteiger charge is 2.02. The van der Waals surface area contributed by atoms with Crippen molar-refractivity contribution in [2.24, 2.45) is 0 Å². The summed E-state index contributed by atoms with van der Waals surface area (Å²) in [5.41, 5.74) is 1.71. The fourth-order valence-corrected chi connectivity index (χ4v) is 2.72. The molecule has 0 unspecified atom stereocenters. The molecule has 0 heterocycles. The standard InChI is InChI=1S/C19H21Cl2N3O2S/c1-13(25)24-15-4-2-5-16(11-15)26-9-3-8-22-19(27)23-12-14-6-7-17(20)18(21)10-14/h2,4-7,10-11H,3,8-9,12H2,1H3,(H,24,25)(H2,22,23,27). The first-order chi connectivity index (χ1) is 12.9. The average molecular weight is 426 g/mol. The maximum atomic E-state index is 11.1. The molecule has 0 spiro atoms. The fourth-order valence-electron chi connectivity index (χ4n) is 2.23. The van der Waals surface area contributed by atoms with E-state index in [1.54, 1.807) is 12.1 Å². The van der Waals surface area contributed by atoms with Crippen molar-refractivity contribution in [1.29, 1.82) is 0 Å². The number of hydrogen-bond donors (Lipinski definition) is 3. The van der Waals surface area contributed by atoms with E-state index in [0.717, 1.165) is 12.0 Å². The summed E-state index contributed by atoms with van der Waals surface area (Å²) in [5, 5.41) is 10.6. The SMILES string of the molecule is CC(=O)Nc1cccc(OCCCNC(=S)NCc2ccc(Cl)c(Cl)c2)c1. The van der Waals surface area contributed by atoms with Gasteiger partial charge in [-0.15, -0.1) is 0 Å². The van der Waals surface area contributed by atoms with Crippen LogP contribution < -0.4 is 20.7 Å². The molecule has 0 radical (unpaired) electrons. The molecule has 0 aliphatic heterocycles.